The predicted molar refractivity (Wildman–Crippen MR) is 92.5 cm³/mol. The Bertz CT molecular complexity index is 262. The summed E-state index contributed by atoms with van der Waals surface area (Å²) in [5.74, 6) is 0.156. The van der Waals surface area contributed by atoms with Gasteiger partial charge in [-0.15, -0.1) is 0 Å². The number of aliphatic carboxylic acids is 2. The molecule has 0 saturated carbocycles. The second-order valence-electron chi connectivity index (χ2n) is 6.77. The topological polar surface area (TPSA) is 132 Å². The zero-order chi connectivity index (χ0) is 17.4. The van der Waals surface area contributed by atoms with Gasteiger partial charge in [0, 0.05) is 12.8 Å². The minimum absolute atomic E-state index is 0. The summed E-state index contributed by atoms with van der Waals surface area (Å²) in [6, 6.07) is 0. The molecule has 0 aliphatic carbocycles. The van der Waals surface area contributed by atoms with E-state index in [9.17, 15) is 9.59 Å². The molecule has 0 spiro atoms. The van der Waals surface area contributed by atoms with Gasteiger partial charge < -0.3 is 21.2 Å². The number of unbranched alkanes of at least 4 members (excludes halogenated alkanes) is 4. The largest absolute Gasteiger partial charge is 2.00 e. The zero-order valence-electron chi connectivity index (χ0n) is 17.9. The van der Waals surface area contributed by atoms with Gasteiger partial charge in [0.05, 0.1) is 0 Å². The van der Waals surface area contributed by atoms with Crippen molar-refractivity contribution in [3.05, 3.63) is 0 Å². The fraction of sp³-hybridized carbons (Fsp3) is 0.889. The number of carboxylic acids is 2. The van der Waals surface area contributed by atoms with Crippen LogP contribution >= 0.6 is 0 Å². The van der Waals surface area contributed by atoms with E-state index < -0.39 is 11.9 Å². The summed E-state index contributed by atoms with van der Waals surface area (Å²) in [6.45, 7) is 8.77. The Hall–Kier alpha value is 0.730. The molecule has 0 unspecified atom stereocenters. The van der Waals surface area contributed by atoms with Gasteiger partial charge in [0.25, 0.3) is 0 Å². The average molecular weight is 545 g/mol. The summed E-state index contributed by atoms with van der Waals surface area (Å²) in [4.78, 5) is 20.2. The molecule has 148 valence electrons. The van der Waals surface area contributed by atoms with E-state index >= 15 is 0 Å². The van der Waals surface area contributed by atoms with Crippen molar-refractivity contribution in [3.8, 4) is 0 Å². The minimum atomic E-state index is -0.672. The molecule has 6 nitrogen and oxygen atoms in total. The molecule has 0 aliphatic heterocycles. The molecule has 0 heterocycles. The SMILES string of the molecule is CC(C)CCCCCC(=O)O.CC(C)CCCCCC(=O)O.[O-2].[O-2].[Zn+2].[Zn+2].[Zn+2]. The van der Waals surface area contributed by atoms with Crippen LogP contribution in [-0.4, -0.2) is 22.2 Å². The van der Waals surface area contributed by atoms with Crippen molar-refractivity contribution in [2.75, 3.05) is 0 Å². The monoisotopic (exact) mass is 540 g/mol. The van der Waals surface area contributed by atoms with Gasteiger partial charge >= 0.3 is 70.4 Å². The van der Waals surface area contributed by atoms with Crippen LogP contribution in [0.5, 0.6) is 0 Å². The molecule has 0 aromatic heterocycles. The van der Waals surface area contributed by atoms with Gasteiger partial charge in [-0.25, -0.2) is 0 Å². The van der Waals surface area contributed by atoms with Crippen molar-refractivity contribution in [2.45, 2.75) is 91.9 Å². The zero-order valence-corrected chi connectivity index (χ0v) is 26.8. The molecule has 0 amide bonds. The maximum absolute atomic E-state index is 10.1. The van der Waals surface area contributed by atoms with E-state index in [0.717, 1.165) is 37.5 Å². The van der Waals surface area contributed by atoms with Gasteiger partial charge in [0.2, 0.25) is 0 Å². The van der Waals surface area contributed by atoms with E-state index in [1.807, 2.05) is 0 Å². The standard InChI is InChI=1S/2C9H18O2.2O.3Zn/c2*1-8(2)6-4-3-5-7-9(10)11;;;;;/h2*8H,3-7H2,1-2H3,(H,10,11);;;;;/q;;2*-2;3*+2. The van der Waals surface area contributed by atoms with Crippen LogP contribution in [0.1, 0.15) is 91.9 Å². The van der Waals surface area contributed by atoms with Gasteiger partial charge in [-0.1, -0.05) is 66.2 Å². The van der Waals surface area contributed by atoms with Crippen molar-refractivity contribution >= 4 is 11.9 Å². The van der Waals surface area contributed by atoms with Gasteiger partial charge in [-0.2, -0.15) is 0 Å². The fourth-order valence-electron chi connectivity index (χ4n) is 2.01. The first kappa shape index (κ1) is 46.1. The summed E-state index contributed by atoms with van der Waals surface area (Å²) < 4.78 is 0. The molecular weight excluding hydrogens is 508 g/mol. The van der Waals surface area contributed by atoms with Crippen LogP contribution in [0.3, 0.4) is 0 Å². The number of hydrogen-bond acceptors (Lipinski definition) is 2. The summed E-state index contributed by atoms with van der Waals surface area (Å²) in [7, 11) is 0. The van der Waals surface area contributed by atoms with Crippen molar-refractivity contribution in [1.29, 1.82) is 0 Å². The molecule has 0 aromatic rings. The molecule has 9 heteroatoms. The van der Waals surface area contributed by atoms with E-state index in [2.05, 4.69) is 27.7 Å². The van der Waals surface area contributed by atoms with E-state index in [0.29, 0.717) is 12.8 Å². The Balaban J connectivity index is -0.0000000500. The third kappa shape index (κ3) is 58.4. The number of hydrogen-bond donors (Lipinski definition) is 2. The van der Waals surface area contributed by atoms with Crippen LogP contribution in [0, 0.1) is 11.8 Å². The number of rotatable bonds is 12. The maximum atomic E-state index is 10.1. The van der Waals surface area contributed by atoms with Gasteiger partial charge in [0.15, 0.2) is 0 Å². The normalized spacial score (nSPS) is 8.52. The molecule has 2 N–H and O–H groups in total. The molecule has 0 radical (unpaired) electrons. The van der Waals surface area contributed by atoms with E-state index in [4.69, 9.17) is 10.2 Å². The summed E-state index contributed by atoms with van der Waals surface area (Å²) in [6.07, 6.45) is 9.24. The molecule has 0 saturated heterocycles. The van der Waals surface area contributed by atoms with Gasteiger partial charge in [-0.3, -0.25) is 9.59 Å². The Labute approximate surface area is 203 Å². The van der Waals surface area contributed by atoms with Gasteiger partial charge in [0.1, 0.15) is 0 Å². The van der Waals surface area contributed by atoms with Gasteiger partial charge in [-0.05, 0) is 24.7 Å². The number of carbonyl (C=O) groups is 2. The van der Waals surface area contributed by atoms with Crippen LogP contribution in [0.4, 0.5) is 0 Å². The smallest absolute Gasteiger partial charge is 2.00 e. The Kier molecular flexibility index (Phi) is 58.5. The van der Waals surface area contributed by atoms with Crippen molar-refractivity contribution in [1.82, 2.24) is 0 Å². The second-order valence-corrected chi connectivity index (χ2v) is 6.77. The summed E-state index contributed by atoms with van der Waals surface area (Å²) >= 11 is 0. The molecule has 0 aliphatic rings. The first-order chi connectivity index (χ1) is 10.3. The molecule has 27 heavy (non-hydrogen) atoms. The Morgan fingerprint density at radius 3 is 1.04 bits per heavy atom. The van der Waals surface area contributed by atoms with E-state index in [1.54, 1.807) is 0 Å². The van der Waals surface area contributed by atoms with Crippen molar-refractivity contribution in [2.24, 2.45) is 11.8 Å². The van der Waals surface area contributed by atoms with Crippen molar-refractivity contribution in [3.63, 3.8) is 0 Å². The van der Waals surface area contributed by atoms with E-state index in [-0.39, 0.29) is 69.4 Å². The first-order valence-corrected chi connectivity index (χ1v) is 8.69. The molecule has 0 bridgehead atoms. The van der Waals surface area contributed by atoms with E-state index in [1.165, 1.54) is 25.7 Å². The first-order valence-electron chi connectivity index (χ1n) is 8.69. The van der Waals surface area contributed by atoms with Crippen LogP contribution in [-0.2, 0) is 79.0 Å². The fourth-order valence-corrected chi connectivity index (χ4v) is 2.01. The second kappa shape index (κ2) is 34.3. The third-order valence-electron chi connectivity index (χ3n) is 3.34. The third-order valence-corrected chi connectivity index (χ3v) is 3.34. The summed E-state index contributed by atoms with van der Waals surface area (Å²) in [5, 5.41) is 16.6. The van der Waals surface area contributed by atoms with Crippen LogP contribution in [0.2, 0.25) is 0 Å². The molecule has 0 fully saturated rings. The van der Waals surface area contributed by atoms with Crippen molar-refractivity contribution < 1.29 is 89.2 Å². The molecule has 0 atom stereocenters. The number of carboxylic acid groups (broad SMARTS) is 2. The predicted octanol–water partition coefficient (Wildman–Crippen LogP) is 5.11. The van der Waals surface area contributed by atoms with Crippen LogP contribution < -0.4 is 0 Å². The Morgan fingerprint density at radius 1 is 0.593 bits per heavy atom. The quantitative estimate of drug-likeness (QED) is 0.261. The maximum Gasteiger partial charge on any atom is 2.00 e. The Morgan fingerprint density at radius 2 is 0.852 bits per heavy atom. The molecule has 0 aromatic carbocycles. The van der Waals surface area contributed by atoms with Crippen LogP contribution in [0.25, 0.3) is 0 Å². The summed E-state index contributed by atoms with van der Waals surface area (Å²) in [5.41, 5.74) is 0. The van der Waals surface area contributed by atoms with Crippen LogP contribution in [0.15, 0.2) is 0 Å². The molecular formula is C18H36O6Zn3+2. The molecule has 0 rings (SSSR count). The minimum Gasteiger partial charge on any atom is -2.00 e. The average Bonchev–Trinajstić information content (AvgIpc) is 2.37.